The fourth-order valence-electron chi connectivity index (χ4n) is 0. The van der Waals surface area contributed by atoms with E-state index in [0.29, 0.717) is 6.54 Å². The summed E-state index contributed by atoms with van der Waals surface area (Å²) in [5.41, 5.74) is 0. The van der Waals surface area contributed by atoms with Gasteiger partial charge >= 0.3 is 0 Å². The predicted octanol–water partition coefficient (Wildman–Crippen LogP) is 0.409. The molecule has 0 amide bonds. The number of hydrogen-bond donors (Lipinski definition) is 2. The van der Waals surface area contributed by atoms with Crippen molar-refractivity contribution in [3.63, 3.8) is 0 Å². The van der Waals surface area contributed by atoms with Gasteiger partial charge in [0.1, 0.15) is 0 Å². The highest BCUT2D eigenvalue weighted by molar-refractivity contribution is 4.14. The van der Waals surface area contributed by atoms with Crippen molar-refractivity contribution in [3.8, 4) is 0 Å². The Balaban J connectivity index is 0. The third-order valence-corrected chi connectivity index (χ3v) is 0.458. The highest BCUT2D eigenvalue weighted by Gasteiger charge is 1.92. The molecule has 0 saturated carbocycles. The summed E-state index contributed by atoms with van der Waals surface area (Å²) >= 11 is 0. The average Bonchev–Trinajstić information content (AvgIpc) is 1.61. The van der Waals surface area contributed by atoms with Crippen LogP contribution >= 0.6 is 0 Å². The largest absolute Gasteiger partial charge is 0.314 e. The van der Waals surface area contributed by atoms with Gasteiger partial charge in [-0.2, -0.15) is 9.71 Å². The van der Waals surface area contributed by atoms with E-state index in [1.54, 1.807) is 28.2 Å². The first-order valence-corrected chi connectivity index (χ1v) is 3.21. The van der Waals surface area contributed by atoms with Crippen molar-refractivity contribution < 1.29 is 15.1 Å². The first kappa shape index (κ1) is 12.5. The predicted molar refractivity (Wildman–Crippen MR) is 39.9 cm³/mol. The fraction of sp³-hybridized carbons (Fsp3) is 1.00. The zero-order valence-corrected chi connectivity index (χ0v) is 7.50. The fourth-order valence-corrected chi connectivity index (χ4v) is 0. The Morgan fingerprint density at radius 3 is 1.40 bits per heavy atom. The SMILES string of the molecule is CCN(C)O.C[N+](C)(C)O. The summed E-state index contributed by atoms with van der Waals surface area (Å²) in [5, 5.41) is 17.8. The standard InChI is InChI=1S/C3H10NO.C3H9NO/c1-4(2,3)5;1-3-4(2)5/h5H,1-3H3;5H,3H2,1-2H3/q+1;. The van der Waals surface area contributed by atoms with E-state index in [9.17, 15) is 0 Å². The van der Waals surface area contributed by atoms with Gasteiger partial charge in [0, 0.05) is 13.6 Å². The van der Waals surface area contributed by atoms with Crippen LogP contribution in [-0.2, 0) is 0 Å². The summed E-state index contributed by atoms with van der Waals surface area (Å²) in [5.74, 6) is 0. The monoisotopic (exact) mass is 151 g/mol. The molecule has 0 fully saturated rings. The molecule has 0 rings (SSSR count). The first-order chi connectivity index (χ1) is 4.27. The normalized spacial score (nSPS) is 10.8. The molecule has 0 aromatic heterocycles. The van der Waals surface area contributed by atoms with Gasteiger partial charge in [-0.1, -0.05) is 6.92 Å². The van der Waals surface area contributed by atoms with Gasteiger partial charge in [0.25, 0.3) is 0 Å². The summed E-state index contributed by atoms with van der Waals surface area (Å²) in [4.78, 5) is 0. The minimum Gasteiger partial charge on any atom is -0.314 e. The molecule has 0 aliphatic carbocycles. The second kappa shape index (κ2) is 5.61. The van der Waals surface area contributed by atoms with E-state index in [2.05, 4.69) is 0 Å². The van der Waals surface area contributed by atoms with E-state index in [0.717, 1.165) is 5.06 Å². The van der Waals surface area contributed by atoms with Gasteiger partial charge < -0.3 is 5.21 Å². The van der Waals surface area contributed by atoms with Crippen LogP contribution in [0.25, 0.3) is 0 Å². The molecule has 0 bridgehead atoms. The lowest BCUT2D eigenvalue weighted by atomic mass is 10.8. The molecular weight excluding hydrogens is 132 g/mol. The summed E-state index contributed by atoms with van der Waals surface area (Å²) in [6.07, 6.45) is 0. The molecule has 0 spiro atoms. The van der Waals surface area contributed by atoms with Crippen molar-refractivity contribution >= 4 is 0 Å². The molecule has 64 valence electrons. The summed E-state index contributed by atoms with van der Waals surface area (Å²) < 4.78 is 0. The van der Waals surface area contributed by atoms with Gasteiger partial charge in [0.05, 0.1) is 21.1 Å². The molecule has 0 aliphatic rings. The van der Waals surface area contributed by atoms with Crippen LogP contribution in [0.3, 0.4) is 0 Å². The topological polar surface area (TPSA) is 43.7 Å². The molecule has 10 heavy (non-hydrogen) atoms. The van der Waals surface area contributed by atoms with Crippen molar-refractivity contribution in [3.05, 3.63) is 0 Å². The van der Waals surface area contributed by atoms with Crippen molar-refractivity contribution in [1.82, 2.24) is 5.06 Å². The number of nitrogens with zero attached hydrogens (tertiary/aromatic N) is 2. The van der Waals surface area contributed by atoms with Gasteiger partial charge in [-0.15, -0.1) is 0 Å². The molecule has 0 heterocycles. The van der Waals surface area contributed by atoms with Crippen LogP contribution in [0.2, 0.25) is 0 Å². The van der Waals surface area contributed by atoms with Crippen molar-refractivity contribution in [1.29, 1.82) is 0 Å². The molecular formula is C6H19N2O2+. The van der Waals surface area contributed by atoms with Gasteiger partial charge in [0.15, 0.2) is 0 Å². The molecule has 0 saturated heterocycles. The molecule has 0 atom stereocenters. The minimum absolute atomic E-state index is 0. The zero-order valence-electron chi connectivity index (χ0n) is 7.50. The first-order valence-electron chi connectivity index (χ1n) is 3.21. The molecule has 0 aliphatic heterocycles. The Kier molecular flexibility index (Phi) is 7.02. The van der Waals surface area contributed by atoms with Crippen LogP contribution in [0.4, 0.5) is 0 Å². The van der Waals surface area contributed by atoms with Gasteiger partial charge in [-0.05, 0) is 0 Å². The third kappa shape index (κ3) is 108. The maximum absolute atomic E-state index is 8.46. The van der Waals surface area contributed by atoms with E-state index >= 15 is 0 Å². The second-order valence-electron chi connectivity index (χ2n) is 2.92. The molecule has 0 unspecified atom stereocenters. The van der Waals surface area contributed by atoms with Crippen molar-refractivity contribution in [2.24, 2.45) is 0 Å². The van der Waals surface area contributed by atoms with Crippen molar-refractivity contribution in [2.75, 3.05) is 34.7 Å². The summed E-state index contributed by atoms with van der Waals surface area (Å²) in [6, 6.07) is 0. The maximum Gasteiger partial charge on any atom is 0.0979 e. The van der Waals surface area contributed by atoms with Crippen molar-refractivity contribution in [2.45, 2.75) is 6.92 Å². The van der Waals surface area contributed by atoms with E-state index < -0.39 is 0 Å². The minimum atomic E-state index is 0. The van der Waals surface area contributed by atoms with Gasteiger partial charge in [-0.25, -0.2) is 5.21 Å². The molecule has 4 nitrogen and oxygen atoms in total. The lowest BCUT2D eigenvalue weighted by Gasteiger charge is -2.09. The average molecular weight is 151 g/mol. The smallest absolute Gasteiger partial charge is 0.0979 e. The Morgan fingerprint density at radius 1 is 1.30 bits per heavy atom. The van der Waals surface area contributed by atoms with Crippen LogP contribution in [0, 0.1) is 0 Å². The van der Waals surface area contributed by atoms with Crippen LogP contribution in [0.15, 0.2) is 0 Å². The van der Waals surface area contributed by atoms with E-state index in [-0.39, 0.29) is 4.65 Å². The van der Waals surface area contributed by atoms with E-state index in [4.69, 9.17) is 10.4 Å². The van der Waals surface area contributed by atoms with E-state index in [1.165, 1.54) is 0 Å². The number of quaternary nitrogens is 1. The second-order valence-corrected chi connectivity index (χ2v) is 2.92. The number of hydroxylamine groups is 5. The Labute approximate surface area is 62.8 Å². The highest BCUT2D eigenvalue weighted by Crippen LogP contribution is 1.72. The van der Waals surface area contributed by atoms with Gasteiger partial charge in [-0.3, -0.25) is 0 Å². The number of hydrogen-bond acceptors (Lipinski definition) is 3. The lowest BCUT2D eigenvalue weighted by Crippen LogP contribution is -2.28. The quantitative estimate of drug-likeness (QED) is 0.421. The molecule has 2 N–H and O–H groups in total. The molecule has 4 heteroatoms. The molecule has 0 aromatic carbocycles. The lowest BCUT2D eigenvalue weighted by molar-refractivity contribution is -1.06. The highest BCUT2D eigenvalue weighted by atomic mass is 16.5. The third-order valence-electron chi connectivity index (χ3n) is 0.458. The summed E-state index contributed by atoms with van der Waals surface area (Å²) in [6.45, 7) is 2.57. The Bertz CT molecular complexity index is 62.6. The van der Waals surface area contributed by atoms with Gasteiger partial charge in [0.2, 0.25) is 0 Å². The Morgan fingerprint density at radius 2 is 1.40 bits per heavy atom. The summed E-state index contributed by atoms with van der Waals surface area (Å²) in [7, 11) is 6.65. The maximum atomic E-state index is 8.46. The van der Waals surface area contributed by atoms with Crippen LogP contribution < -0.4 is 0 Å². The van der Waals surface area contributed by atoms with Crippen LogP contribution in [0.1, 0.15) is 6.92 Å². The Hall–Kier alpha value is -0.160. The van der Waals surface area contributed by atoms with Crippen LogP contribution in [-0.4, -0.2) is 54.9 Å². The molecule has 0 radical (unpaired) electrons. The van der Waals surface area contributed by atoms with E-state index in [1.807, 2.05) is 6.92 Å². The number of rotatable bonds is 1. The van der Waals surface area contributed by atoms with Crippen LogP contribution in [0.5, 0.6) is 0 Å². The zero-order chi connectivity index (χ0) is 8.78. The molecule has 0 aromatic rings.